The van der Waals surface area contributed by atoms with Gasteiger partial charge >= 0.3 is 0 Å². The van der Waals surface area contributed by atoms with Crippen LogP contribution in [0.5, 0.6) is 5.75 Å². The fraction of sp³-hybridized carbons (Fsp3) is 0.375. The molecular formula is C16H18ClNO2. The van der Waals surface area contributed by atoms with E-state index in [9.17, 15) is 0 Å². The van der Waals surface area contributed by atoms with Gasteiger partial charge in [0.05, 0.1) is 13.4 Å². The molecule has 106 valence electrons. The molecule has 1 aliphatic carbocycles. The number of ether oxygens (including phenoxy) is 1. The second-order valence-electron chi connectivity index (χ2n) is 5.05. The average Bonchev–Trinajstić information content (AvgIpc) is 2.94. The van der Waals surface area contributed by atoms with Gasteiger partial charge in [-0.25, -0.2) is 0 Å². The van der Waals surface area contributed by atoms with Gasteiger partial charge in [-0.15, -0.1) is 0 Å². The highest BCUT2D eigenvalue weighted by atomic mass is 35.5. The predicted molar refractivity (Wildman–Crippen MR) is 79.2 cm³/mol. The van der Waals surface area contributed by atoms with Crippen molar-refractivity contribution in [2.75, 3.05) is 7.11 Å². The Kier molecular flexibility index (Phi) is 3.99. The summed E-state index contributed by atoms with van der Waals surface area (Å²) >= 11 is 6.27. The molecule has 0 spiro atoms. The van der Waals surface area contributed by atoms with E-state index in [1.165, 1.54) is 5.56 Å². The number of hydrogen-bond donors (Lipinski definition) is 1. The molecule has 0 fully saturated rings. The smallest absolute Gasteiger partial charge is 0.124 e. The van der Waals surface area contributed by atoms with Gasteiger partial charge in [0, 0.05) is 35.2 Å². The number of rotatable bonds is 4. The molecule has 0 radical (unpaired) electrons. The van der Waals surface area contributed by atoms with Crippen LogP contribution >= 0.6 is 11.6 Å². The zero-order chi connectivity index (χ0) is 13.9. The van der Waals surface area contributed by atoms with E-state index in [1.54, 1.807) is 13.4 Å². The predicted octanol–water partition coefficient (Wildman–Crippen LogP) is 4.11. The quantitative estimate of drug-likeness (QED) is 0.920. The first kappa shape index (κ1) is 13.5. The molecule has 1 aliphatic rings. The summed E-state index contributed by atoms with van der Waals surface area (Å²) in [6, 6.07) is 8.13. The Morgan fingerprint density at radius 1 is 1.40 bits per heavy atom. The summed E-state index contributed by atoms with van der Waals surface area (Å²) in [6.45, 7) is 0.693. The third-order valence-electron chi connectivity index (χ3n) is 3.87. The first-order valence-corrected chi connectivity index (χ1v) is 7.28. The Labute approximate surface area is 123 Å². The van der Waals surface area contributed by atoms with Crippen LogP contribution in [-0.4, -0.2) is 7.11 Å². The third kappa shape index (κ3) is 2.56. The lowest BCUT2D eigenvalue weighted by Gasteiger charge is -2.23. The molecule has 0 bridgehead atoms. The van der Waals surface area contributed by atoms with Crippen LogP contribution in [-0.2, 0) is 13.0 Å². The maximum Gasteiger partial charge on any atom is 0.124 e. The van der Waals surface area contributed by atoms with Crippen molar-refractivity contribution >= 4 is 11.6 Å². The van der Waals surface area contributed by atoms with E-state index in [0.29, 0.717) is 12.6 Å². The van der Waals surface area contributed by atoms with Crippen LogP contribution in [0, 0.1) is 0 Å². The van der Waals surface area contributed by atoms with Gasteiger partial charge in [0.25, 0.3) is 0 Å². The van der Waals surface area contributed by atoms with Crippen LogP contribution in [0.4, 0.5) is 0 Å². The molecule has 0 saturated carbocycles. The Morgan fingerprint density at radius 3 is 3.15 bits per heavy atom. The maximum absolute atomic E-state index is 6.27. The first-order chi connectivity index (χ1) is 9.79. The van der Waals surface area contributed by atoms with E-state index in [4.69, 9.17) is 20.8 Å². The zero-order valence-electron chi connectivity index (χ0n) is 11.5. The lowest BCUT2D eigenvalue weighted by molar-refractivity contribution is 0.393. The standard InChI is InChI=1S/C16H18ClNO2/c1-19-15-6-2-4-13(17)12(15)10-18-14-5-3-7-16-11(14)8-9-20-16/h2,4,6,8-9,14,18H,3,5,7,10H2,1H3. The Balaban J connectivity index is 1.75. The number of nitrogens with one attached hydrogen (secondary N) is 1. The fourth-order valence-corrected chi connectivity index (χ4v) is 3.06. The molecule has 3 nitrogen and oxygen atoms in total. The Bertz CT molecular complexity index is 594. The molecule has 1 aromatic heterocycles. The lowest BCUT2D eigenvalue weighted by atomic mass is 9.93. The largest absolute Gasteiger partial charge is 0.496 e. The molecule has 4 heteroatoms. The van der Waals surface area contributed by atoms with Crippen LogP contribution in [0.1, 0.15) is 35.8 Å². The van der Waals surface area contributed by atoms with Gasteiger partial charge in [0.15, 0.2) is 0 Å². The minimum atomic E-state index is 0.332. The van der Waals surface area contributed by atoms with Crippen molar-refractivity contribution in [2.45, 2.75) is 31.8 Å². The molecule has 20 heavy (non-hydrogen) atoms. The summed E-state index contributed by atoms with van der Waals surface area (Å²) in [7, 11) is 1.67. The minimum Gasteiger partial charge on any atom is -0.496 e. The van der Waals surface area contributed by atoms with Crippen molar-refractivity contribution < 1.29 is 9.15 Å². The summed E-state index contributed by atoms with van der Waals surface area (Å²) in [5.41, 5.74) is 2.29. The summed E-state index contributed by atoms with van der Waals surface area (Å²) in [5, 5.41) is 4.31. The number of fused-ring (bicyclic) bond motifs is 1. The van der Waals surface area contributed by atoms with Crippen LogP contribution < -0.4 is 10.1 Å². The van der Waals surface area contributed by atoms with Crippen LogP contribution in [0.15, 0.2) is 34.9 Å². The number of aryl methyl sites for hydroxylation is 1. The van der Waals surface area contributed by atoms with Gasteiger partial charge in [0.1, 0.15) is 11.5 Å². The average molecular weight is 292 g/mol. The molecule has 1 unspecified atom stereocenters. The van der Waals surface area contributed by atoms with Crippen LogP contribution in [0.2, 0.25) is 5.02 Å². The van der Waals surface area contributed by atoms with E-state index < -0.39 is 0 Å². The van der Waals surface area contributed by atoms with E-state index in [-0.39, 0.29) is 0 Å². The SMILES string of the molecule is COc1cccc(Cl)c1CNC1CCCc2occc21. The van der Waals surface area contributed by atoms with E-state index in [2.05, 4.69) is 11.4 Å². The fourth-order valence-electron chi connectivity index (χ4n) is 2.83. The number of methoxy groups -OCH3 is 1. The van der Waals surface area contributed by atoms with Gasteiger partial charge in [-0.05, 0) is 31.0 Å². The zero-order valence-corrected chi connectivity index (χ0v) is 12.2. The highest BCUT2D eigenvalue weighted by Gasteiger charge is 2.22. The normalized spacial score (nSPS) is 17.8. The molecule has 1 heterocycles. The molecule has 0 aliphatic heterocycles. The van der Waals surface area contributed by atoms with Crippen molar-refractivity contribution in [2.24, 2.45) is 0 Å². The van der Waals surface area contributed by atoms with E-state index in [0.717, 1.165) is 41.4 Å². The summed E-state index contributed by atoms with van der Waals surface area (Å²) in [4.78, 5) is 0. The molecule has 3 rings (SSSR count). The minimum absolute atomic E-state index is 0.332. The number of halogens is 1. The highest BCUT2D eigenvalue weighted by Crippen LogP contribution is 2.32. The lowest BCUT2D eigenvalue weighted by Crippen LogP contribution is -2.24. The molecular weight excluding hydrogens is 274 g/mol. The van der Waals surface area contributed by atoms with E-state index >= 15 is 0 Å². The summed E-state index contributed by atoms with van der Waals surface area (Å²) < 4.78 is 10.9. The third-order valence-corrected chi connectivity index (χ3v) is 4.23. The van der Waals surface area contributed by atoms with Crippen molar-refractivity contribution in [3.8, 4) is 5.75 Å². The van der Waals surface area contributed by atoms with E-state index in [1.807, 2.05) is 18.2 Å². The topological polar surface area (TPSA) is 34.4 Å². The number of benzene rings is 1. The van der Waals surface area contributed by atoms with Gasteiger partial charge < -0.3 is 14.5 Å². The monoisotopic (exact) mass is 291 g/mol. The Hall–Kier alpha value is -1.45. The van der Waals surface area contributed by atoms with Crippen LogP contribution in [0.3, 0.4) is 0 Å². The molecule has 1 N–H and O–H groups in total. The number of furan rings is 1. The highest BCUT2D eigenvalue weighted by molar-refractivity contribution is 6.31. The summed E-state index contributed by atoms with van der Waals surface area (Å²) in [6.07, 6.45) is 5.09. The second-order valence-corrected chi connectivity index (χ2v) is 5.45. The Morgan fingerprint density at radius 2 is 2.30 bits per heavy atom. The second kappa shape index (κ2) is 5.90. The van der Waals surface area contributed by atoms with Gasteiger partial charge in [-0.2, -0.15) is 0 Å². The molecule has 0 amide bonds. The number of hydrogen-bond acceptors (Lipinski definition) is 3. The van der Waals surface area contributed by atoms with Gasteiger partial charge in [0.2, 0.25) is 0 Å². The van der Waals surface area contributed by atoms with Crippen molar-refractivity contribution in [3.63, 3.8) is 0 Å². The van der Waals surface area contributed by atoms with Gasteiger partial charge in [-0.3, -0.25) is 0 Å². The van der Waals surface area contributed by atoms with Crippen molar-refractivity contribution in [3.05, 3.63) is 52.4 Å². The molecule has 1 aromatic carbocycles. The van der Waals surface area contributed by atoms with Crippen LogP contribution in [0.25, 0.3) is 0 Å². The molecule has 2 aromatic rings. The van der Waals surface area contributed by atoms with Gasteiger partial charge in [-0.1, -0.05) is 17.7 Å². The summed E-state index contributed by atoms with van der Waals surface area (Å²) in [5.74, 6) is 1.94. The molecule has 0 saturated heterocycles. The maximum atomic E-state index is 6.27. The molecule has 1 atom stereocenters. The first-order valence-electron chi connectivity index (χ1n) is 6.90. The van der Waals surface area contributed by atoms with Crippen molar-refractivity contribution in [1.82, 2.24) is 5.32 Å². The van der Waals surface area contributed by atoms with Crippen molar-refractivity contribution in [1.29, 1.82) is 0 Å².